The molecule has 6 nitrogen and oxygen atoms in total. The first-order chi connectivity index (χ1) is 8.41. The van der Waals surface area contributed by atoms with Gasteiger partial charge in [0, 0.05) is 0 Å². The van der Waals surface area contributed by atoms with Crippen molar-refractivity contribution in [3.8, 4) is 0 Å². The molecule has 1 aliphatic rings. The molecule has 0 aromatic carbocycles. The summed E-state index contributed by atoms with van der Waals surface area (Å²) in [7, 11) is -2.75. The molecular formula is C9H7BrN2O4S2. The Morgan fingerprint density at radius 3 is 2.78 bits per heavy atom. The number of nitrogens with one attached hydrogen (secondary N) is 1. The van der Waals surface area contributed by atoms with Gasteiger partial charge in [0.1, 0.15) is 0 Å². The normalized spacial score (nSPS) is 17.4. The summed E-state index contributed by atoms with van der Waals surface area (Å²) < 4.78 is 33.9. The Morgan fingerprint density at radius 2 is 2.22 bits per heavy atom. The molecule has 0 atom stereocenters. The number of thiophene rings is 1. The molecule has 0 bridgehead atoms. The third-order valence-electron chi connectivity index (χ3n) is 1.97. The third kappa shape index (κ3) is 2.79. The molecule has 0 fully saturated rings. The molecule has 18 heavy (non-hydrogen) atoms. The van der Waals surface area contributed by atoms with Crippen LogP contribution in [-0.2, 0) is 19.7 Å². The molecule has 0 amide bonds. The minimum Gasteiger partial charge on any atom is -0.464 e. The van der Waals surface area contributed by atoms with Gasteiger partial charge in [0.2, 0.25) is 0 Å². The van der Waals surface area contributed by atoms with Gasteiger partial charge < -0.3 is 4.74 Å². The second-order valence-electron chi connectivity index (χ2n) is 3.21. The van der Waals surface area contributed by atoms with Crippen LogP contribution in [0.1, 0.15) is 4.88 Å². The Kier molecular flexibility index (Phi) is 3.55. The fourth-order valence-electron chi connectivity index (χ4n) is 1.27. The van der Waals surface area contributed by atoms with Crippen LogP contribution >= 0.6 is 27.3 Å². The molecule has 1 N–H and O–H groups in total. The summed E-state index contributed by atoms with van der Waals surface area (Å²) in [4.78, 5) is 12.0. The zero-order chi connectivity index (χ0) is 13.3. The fraction of sp³-hybridized carbons (Fsp3) is 0.111. The zero-order valence-corrected chi connectivity index (χ0v) is 12.2. The largest absolute Gasteiger partial charge is 0.464 e. The third-order valence-corrected chi connectivity index (χ3v) is 4.54. The van der Waals surface area contributed by atoms with Crippen molar-refractivity contribution in [2.75, 3.05) is 7.11 Å². The van der Waals surface area contributed by atoms with E-state index in [0.717, 1.165) is 10.9 Å². The molecular weight excluding hydrogens is 344 g/mol. The van der Waals surface area contributed by atoms with Crippen molar-refractivity contribution in [1.82, 2.24) is 4.72 Å². The Balaban J connectivity index is 2.47. The van der Waals surface area contributed by atoms with Gasteiger partial charge in [0.25, 0.3) is 0 Å². The molecule has 2 rings (SSSR count). The second kappa shape index (κ2) is 4.82. The zero-order valence-electron chi connectivity index (χ0n) is 9.01. The van der Waals surface area contributed by atoms with E-state index in [0.29, 0.717) is 10.6 Å². The number of carbonyl (C=O) groups is 1. The van der Waals surface area contributed by atoms with Gasteiger partial charge in [-0.25, -0.2) is 4.79 Å². The Bertz CT molecular complexity index is 660. The van der Waals surface area contributed by atoms with E-state index in [9.17, 15) is 13.2 Å². The quantitative estimate of drug-likeness (QED) is 0.815. The predicted octanol–water partition coefficient (Wildman–Crippen LogP) is 1.31. The van der Waals surface area contributed by atoms with E-state index < -0.39 is 16.2 Å². The van der Waals surface area contributed by atoms with Crippen LogP contribution in [0.15, 0.2) is 26.4 Å². The van der Waals surface area contributed by atoms with E-state index in [2.05, 4.69) is 29.8 Å². The minimum absolute atomic E-state index is 0.254. The first kappa shape index (κ1) is 13.2. The van der Waals surface area contributed by atoms with Gasteiger partial charge >= 0.3 is 16.2 Å². The highest BCUT2D eigenvalue weighted by Crippen LogP contribution is 2.28. The molecule has 96 valence electrons. The van der Waals surface area contributed by atoms with Crippen LogP contribution in [0.2, 0.25) is 0 Å². The molecule has 2 heterocycles. The molecule has 0 unspecified atom stereocenters. The summed E-state index contributed by atoms with van der Waals surface area (Å²) in [5, 5.41) is 0. The summed E-state index contributed by atoms with van der Waals surface area (Å²) in [6.45, 7) is 0. The average molecular weight is 351 g/mol. The van der Waals surface area contributed by atoms with Gasteiger partial charge in [-0.3, -0.25) is 4.72 Å². The first-order valence-electron chi connectivity index (χ1n) is 4.60. The summed E-state index contributed by atoms with van der Waals surface area (Å²) >= 11 is 4.61. The van der Waals surface area contributed by atoms with Crippen LogP contribution in [0.4, 0.5) is 0 Å². The number of ether oxygens (including phenoxy) is 1. The summed E-state index contributed by atoms with van der Waals surface area (Å²) in [6, 6.07) is 3.50. The molecule has 0 aliphatic carbocycles. The number of nitrogens with zero attached hydrogens (tertiary/aromatic N) is 1. The Hall–Kier alpha value is -1.19. The molecule has 0 radical (unpaired) electrons. The maximum absolute atomic E-state index is 11.5. The van der Waals surface area contributed by atoms with Crippen LogP contribution in [0.5, 0.6) is 0 Å². The lowest BCUT2D eigenvalue weighted by molar-refractivity contribution is -0.132. The second-order valence-corrected chi connectivity index (χ2v) is 7.01. The van der Waals surface area contributed by atoms with Crippen LogP contribution in [0.3, 0.4) is 0 Å². The van der Waals surface area contributed by atoms with Crippen molar-refractivity contribution in [1.29, 1.82) is 0 Å². The molecule has 1 aliphatic heterocycles. The van der Waals surface area contributed by atoms with Gasteiger partial charge in [0.05, 0.1) is 21.5 Å². The van der Waals surface area contributed by atoms with Crippen molar-refractivity contribution in [2.45, 2.75) is 0 Å². The molecule has 0 saturated carbocycles. The van der Waals surface area contributed by atoms with Crippen molar-refractivity contribution in [3.05, 3.63) is 26.9 Å². The van der Waals surface area contributed by atoms with Gasteiger partial charge in [-0.05, 0) is 34.1 Å². The SMILES string of the molecule is COC(=O)C1=NS(=O)(=O)NC(c2ccc(Br)s2)=C1. The summed E-state index contributed by atoms with van der Waals surface area (Å²) in [5.41, 5.74) is 0.0388. The minimum atomic E-state index is -3.91. The standard InChI is InChI=1S/C9H7BrN2O4S2/c1-16-9(13)6-4-5(11-18(14,15)12-6)7-2-3-8(10)17-7/h2-4,11H,1H3. The van der Waals surface area contributed by atoms with Gasteiger partial charge in [0.15, 0.2) is 5.71 Å². The van der Waals surface area contributed by atoms with Crippen LogP contribution in [0.25, 0.3) is 5.70 Å². The van der Waals surface area contributed by atoms with Gasteiger partial charge in [-0.15, -0.1) is 15.7 Å². The molecule has 1 aromatic heterocycles. The van der Waals surface area contributed by atoms with E-state index in [1.54, 1.807) is 12.1 Å². The van der Waals surface area contributed by atoms with Crippen molar-refractivity contribution in [2.24, 2.45) is 4.40 Å². The van der Waals surface area contributed by atoms with E-state index in [4.69, 9.17) is 0 Å². The summed E-state index contributed by atoms with van der Waals surface area (Å²) in [5.74, 6) is -0.798. The topological polar surface area (TPSA) is 84.8 Å². The maximum atomic E-state index is 11.5. The van der Waals surface area contributed by atoms with Crippen molar-refractivity contribution < 1.29 is 17.9 Å². The lowest BCUT2D eigenvalue weighted by Gasteiger charge is -2.12. The average Bonchev–Trinajstić information content (AvgIpc) is 2.72. The first-order valence-corrected chi connectivity index (χ1v) is 7.64. The maximum Gasteiger partial charge on any atom is 0.357 e. The molecule has 0 spiro atoms. The fourth-order valence-corrected chi connectivity index (χ4v) is 3.57. The molecule has 1 aromatic rings. The lowest BCUT2D eigenvalue weighted by atomic mass is 10.2. The van der Waals surface area contributed by atoms with Gasteiger partial charge in [-0.2, -0.15) is 8.42 Å². The summed E-state index contributed by atoms with van der Waals surface area (Å²) in [6.07, 6.45) is 1.34. The van der Waals surface area contributed by atoms with E-state index >= 15 is 0 Å². The lowest BCUT2D eigenvalue weighted by Crippen LogP contribution is -2.29. The van der Waals surface area contributed by atoms with Crippen LogP contribution in [0, 0.1) is 0 Å². The van der Waals surface area contributed by atoms with Crippen LogP contribution in [-0.4, -0.2) is 27.2 Å². The predicted molar refractivity (Wildman–Crippen MR) is 71.5 cm³/mol. The van der Waals surface area contributed by atoms with Crippen molar-refractivity contribution in [3.63, 3.8) is 0 Å². The number of hydrogen-bond donors (Lipinski definition) is 1. The van der Waals surface area contributed by atoms with E-state index in [1.165, 1.54) is 17.4 Å². The highest BCUT2D eigenvalue weighted by Gasteiger charge is 2.24. The Morgan fingerprint density at radius 1 is 1.50 bits per heavy atom. The van der Waals surface area contributed by atoms with Crippen molar-refractivity contribution >= 4 is 54.9 Å². The number of carbonyl (C=O) groups excluding carboxylic acids is 1. The molecule has 0 saturated heterocycles. The number of rotatable bonds is 2. The van der Waals surface area contributed by atoms with Gasteiger partial charge in [-0.1, -0.05) is 0 Å². The van der Waals surface area contributed by atoms with Crippen LogP contribution < -0.4 is 4.72 Å². The number of esters is 1. The highest BCUT2D eigenvalue weighted by atomic mass is 79.9. The highest BCUT2D eigenvalue weighted by molar-refractivity contribution is 9.11. The smallest absolute Gasteiger partial charge is 0.357 e. The number of hydrogen-bond acceptors (Lipinski definition) is 5. The number of methoxy groups -OCH3 is 1. The number of halogens is 1. The monoisotopic (exact) mass is 350 g/mol. The molecule has 9 heteroatoms. The van der Waals surface area contributed by atoms with E-state index in [1.807, 2.05) is 0 Å². The Labute approximate surface area is 116 Å². The van der Waals surface area contributed by atoms with E-state index in [-0.39, 0.29) is 5.71 Å².